The Labute approximate surface area is 161 Å². The molecule has 0 aliphatic rings. The van der Waals surface area contributed by atoms with Crippen LogP contribution in [0.1, 0.15) is 97.3 Å². The van der Waals surface area contributed by atoms with Gasteiger partial charge in [-0.3, -0.25) is 0 Å². The average molecular weight is 358 g/mol. The molecule has 0 rings (SSSR count). The van der Waals surface area contributed by atoms with E-state index in [1.807, 2.05) is 6.92 Å². The van der Waals surface area contributed by atoms with Gasteiger partial charge in [0, 0.05) is 6.61 Å². The Balaban J connectivity index is 0. The first kappa shape index (κ1) is 26.7. The first-order valence-electron chi connectivity index (χ1n) is 9.25. The Morgan fingerprint density at radius 1 is 0.792 bits per heavy atom. The Hall–Kier alpha value is 0.427. The molecule has 0 N–H and O–H groups in total. The normalized spacial score (nSPS) is 12.8. The maximum atomic E-state index is 10.6. The van der Waals surface area contributed by atoms with E-state index in [2.05, 4.69) is 11.1 Å². The van der Waals surface area contributed by atoms with Crippen molar-refractivity contribution < 1.29 is 40.8 Å². The Morgan fingerprint density at radius 2 is 1.25 bits per heavy atom. The molecule has 5 nitrogen and oxygen atoms in total. The molecule has 0 aliphatic heterocycles. The third-order valence-electron chi connectivity index (χ3n) is 3.80. The number of hydrogen-bond acceptors (Lipinski definition) is 5. The molecule has 0 saturated carbocycles. The van der Waals surface area contributed by atoms with Crippen LogP contribution < -0.4 is 18.9 Å². The van der Waals surface area contributed by atoms with E-state index < -0.39 is 16.7 Å². The molecule has 0 radical (unpaired) electrons. The summed E-state index contributed by atoms with van der Waals surface area (Å²) < 4.78 is 41.4. The van der Waals surface area contributed by atoms with Gasteiger partial charge >= 0.3 is 18.9 Å². The van der Waals surface area contributed by atoms with Crippen molar-refractivity contribution in [1.82, 2.24) is 0 Å². The maximum Gasteiger partial charge on any atom is 1.00 e. The van der Waals surface area contributed by atoms with Crippen LogP contribution in [0, 0.1) is 0 Å². The van der Waals surface area contributed by atoms with E-state index in [1.165, 1.54) is 57.8 Å². The standard InChI is InChI=1S/C17H36O5S.Li/c1-3-5-6-7-8-9-10-11-12-13-14-16-21-17(15-4-2)22-23(18,19)20;/h17H,3-16H2,1-2H3,(H,18,19,20);/q;+1/p-1. The van der Waals surface area contributed by atoms with E-state index in [0.29, 0.717) is 19.4 Å². The summed E-state index contributed by atoms with van der Waals surface area (Å²) in [6.45, 7) is 4.57. The fourth-order valence-electron chi connectivity index (χ4n) is 2.51. The molecule has 0 aromatic carbocycles. The van der Waals surface area contributed by atoms with Crippen LogP contribution in [-0.4, -0.2) is 25.9 Å². The third kappa shape index (κ3) is 20.5. The minimum absolute atomic E-state index is 0. The molecule has 0 aromatic heterocycles. The van der Waals surface area contributed by atoms with Crippen LogP contribution in [0.25, 0.3) is 0 Å². The maximum absolute atomic E-state index is 10.6. The van der Waals surface area contributed by atoms with Gasteiger partial charge in [0.15, 0.2) is 6.29 Å². The van der Waals surface area contributed by atoms with Gasteiger partial charge in [-0.2, -0.15) is 0 Å². The fraction of sp³-hybridized carbons (Fsp3) is 1.00. The smallest absolute Gasteiger partial charge is 0.725 e. The minimum atomic E-state index is -4.69. The summed E-state index contributed by atoms with van der Waals surface area (Å²) in [7, 11) is -4.69. The van der Waals surface area contributed by atoms with E-state index in [1.54, 1.807) is 0 Å². The molecule has 1 atom stereocenters. The summed E-state index contributed by atoms with van der Waals surface area (Å²) in [4.78, 5) is 0. The van der Waals surface area contributed by atoms with Gasteiger partial charge in [0.1, 0.15) is 0 Å². The molecule has 1 unspecified atom stereocenters. The van der Waals surface area contributed by atoms with Gasteiger partial charge < -0.3 is 9.29 Å². The Morgan fingerprint density at radius 3 is 1.67 bits per heavy atom. The number of unbranched alkanes of at least 4 members (excludes halogenated alkanes) is 10. The molecule has 7 heteroatoms. The summed E-state index contributed by atoms with van der Waals surface area (Å²) in [5, 5.41) is 0. The van der Waals surface area contributed by atoms with Gasteiger partial charge in [-0.1, -0.05) is 84.5 Å². The van der Waals surface area contributed by atoms with Crippen molar-refractivity contribution in [1.29, 1.82) is 0 Å². The molecule has 0 aliphatic carbocycles. The van der Waals surface area contributed by atoms with Crippen molar-refractivity contribution >= 4 is 10.4 Å². The predicted molar refractivity (Wildman–Crippen MR) is 91.9 cm³/mol. The predicted octanol–water partition coefficient (Wildman–Crippen LogP) is 1.92. The van der Waals surface area contributed by atoms with Crippen LogP contribution in [0.3, 0.4) is 0 Å². The molecule has 0 bridgehead atoms. The van der Waals surface area contributed by atoms with Crippen molar-refractivity contribution in [3.8, 4) is 0 Å². The molecule has 0 fully saturated rings. The van der Waals surface area contributed by atoms with Crippen molar-refractivity contribution in [3.05, 3.63) is 0 Å². The molecule has 0 saturated heterocycles. The van der Waals surface area contributed by atoms with Crippen molar-refractivity contribution in [2.75, 3.05) is 6.61 Å². The fourth-order valence-corrected chi connectivity index (χ4v) is 2.92. The second-order valence-electron chi connectivity index (χ2n) is 6.13. The van der Waals surface area contributed by atoms with E-state index >= 15 is 0 Å². The van der Waals surface area contributed by atoms with Crippen LogP contribution in [0.5, 0.6) is 0 Å². The molecule has 0 spiro atoms. The zero-order valence-corrected chi connectivity index (χ0v) is 16.7. The van der Waals surface area contributed by atoms with Crippen molar-refractivity contribution in [3.63, 3.8) is 0 Å². The van der Waals surface area contributed by atoms with Crippen LogP contribution >= 0.6 is 0 Å². The van der Waals surface area contributed by atoms with E-state index in [9.17, 15) is 13.0 Å². The number of ether oxygens (including phenoxy) is 1. The summed E-state index contributed by atoms with van der Waals surface area (Å²) in [6.07, 6.45) is 13.9. The van der Waals surface area contributed by atoms with E-state index in [-0.39, 0.29) is 18.9 Å². The summed E-state index contributed by atoms with van der Waals surface area (Å²) >= 11 is 0. The molecule has 140 valence electrons. The monoisotopic (exact) mass is 358 g/mol. The van der Waals surface area contributed by atoms with E-state index in [4.69, 9.17) is 4.74 Å². The average Bonchev–Trinajstić information content (AvgIpc) is 2.47. The summed E-state index contributed by atoms with van der Waals surface area (Å²) in [6, 6.07) is 0. The van der Waals surface area contributed by atoms with Crippen molar-refractivity contribution in [2.45, 2.75) is 104 Å². The zero-order valence-electron chi connectivity index (χ0n) is 15.9. The summed E-state index contributed by atoms with van der Waals surface area (Å²) in [5.74, 6) is 0. The van der Waals surface area contributed by atoms with Crippen LogP contribution in [0.15, 0.2) is 0 Å². The largest absolute Gasteiger partial charge is 1.00 e. The Kier molecular flexibility index (Phi) is 20.2. The van der Waals surface area contributed by atoms with Gasteiger partial charge in [0.05, 0.1) is 0 Å². The second kappa shape index (κ2) is 18.2. The molecule has 24 heavy (non-hydrogen) atoms. The SMILES string of the molecule is CCCCCCCCCCCCCOC(CCC)OS(=O)(=O)[O-].[Li+]. The topological polar surface area (TPSA) is 75.7 Å². The zero-order chi connectivity index (χ0) is 17.4. The first-order valence-corrected chi connectivity index (χ1v) is 10.6. The van der Waals surface area contributed by atoms with Gasteiger partial charge in [0.2, 0.25) is 10.4 Å². The van der Waals surface area contributed by atoms with Crippen LogP contribution in [0.4, 0.5) is 0 Å². The van der Waals surface area contributed by atoms with Crippen LogP contribution in [0.2, 0.25) is 0 Å². The first-order chi connectivity index (χ1) is 11.0. The van der Waals surface area contributed by atoms with Gasteiger partial charge in [-0.25, -0.2) is 12.6 Å². The molecular formula is C17H35LiO5S. The van der Waals surface area contributed by atoms with Gasteiger partial charge in [-0.15, -0.1) is 0 Å². The quantitative estimate of drug-likeness (QED) is 0.131. The molecule has 0 amide bonds. The number of rotatable bonds is 17. The molecular weight excluding hydrogens is 323 g/mol. The minimum Gasteiger partial charge on any atom is -0.725 e. The molecule has 0 heterocycles. The second-order valence-corrected chi connectivity index (χ2v) is 7.14. The Bertz CT molecular complexity index is 349. The summed E-state index contributed by atoms with van der Waals surface area (Å²) in [5.41, 5.74) is 0. The van der Waals surface area contributed by atoms with Crippen LogP contribution in [-0.2, 0) is 19.3 Å². The third-order valence-corrected chi connectivity index (χ3v) is 4.25. The van der Waals surface area contributed by atoms with Gasteiger partial charge in [0.25, 0.3) is 0 Å². The van der Waals surface area contributed by atoms with Crippen molar-refractivity contribution in [2.24, 2.45) is 0 Å². The molecule has 0 aromatic rings. The number of hydrogen-bond donors (Lipinski definition) is 0. The van der Waals surface area contributed by atoms with E-state index in [0.717, 1.165) is 12.8 Å². The van der Waals surface area contributed by atoms with Gasteiger partial charge in [-0.05, 0) is 12.8 Å².